The molecule has 1 N–H and O–H groups in total. The van der Waals surface area contributed by atoms with Gasteiger partial charge in [0.1, 0.15) is 17.4 Å². The van der Waals surface area contributed by atoms with E-state index in [4.69, 9.17) is 21.3 Å². The van der Waals surface area contributed by atoms with Crippen LogP contribution in [-0.4, -0.2) is 31.4 Å². The van der Waals surface area contributed by atoms with Gasteiger partial charge in [0.15, 0.2) is 11.0 Å². The van der Waals surface area contributed by atoms with E-state index in [1.807, 2.05) is 54.0 Å². The Hall–Kier alpha value is -3.66. The molecule has 0 saturated carbocycles. The van der Waals surface area contributed by atoms with Crippen LogP contribution in [-0.2, 0) is 17.9 Å². The van der Waals surface area contributed by atoms with Gasteiger partial charge in [-0.25, -0.2) is 4.98 Å². The average Bonchev–Trinajstić information content (AvgIpc) is 3.52. The molecule has 0 aliphatic heterocycles. The molecule has 0 bridgehead atoms. The first-order chi connectivity index (χ1) is 18.9. The van der Waals surface area contributed by atoms with Crippen LogP contribution in [0.25, 0.3) is 20.8 Å². The van der Waals surface area contributed by atoms with Gasteiger partial charge < -0.3 is 10.1 Å². The van der Waals surface area contributed by atoms with Crippen LogP contribution in [0, 0.1) is 13.8 Å². The van der Waals surface area contributed by atoms with Crippen LogP contribution in [0.3, 0.4) is 0 Å². The van der Waals surface area contributed by atoms with Crippen molar-refractivity contribution in [1.82, 2.24) is 19.7 Å². The fraction of sp³-hybridized carbons (Fsp3) is 0.172. The topological polar surface area (TPSA) is 81.9 Å². The first kappa shape index (κ1) is 26.9. The van der Waals surface area contributed by atoms with E-state index in [1.54, 1.807) is 23.5 Å². The normalized spacial score (nSPS) is 11.1. The first-order valence-electron chi connectivity index (χ1n) is 12.2. The molecule has 0 spiro atoms. The number of hydrogen-bond donors (Lipinski definition) is 1. The molecule has 198 valence electrons. The number of allylic oxidation sites excluding steroid dienone is 1. The van der Waals surface area contributed by atoms with E-state index in [2.05, 4.69) is 41.1 Å². The number of nitrogens with zero attached hydrogens (tertiary/aromatic N) is 4. The predicted octanol–water partition coefficient (Wildman–Crippen LogP) is 7.32. The lowest BCUT2D eigenvalue weighted by molar-refractivity contribution is -0.113. The second-order valence-corrected chi connectivity index (χ2v) is 11.3. The van der Waals surface area contributed by atoms with Crippen molar-refractivity contribution in [3.05, 3.63) is 95.3 Å². The van der Waals surface area contributed by atoms with Gasteiger partial charge in [-0.2, -0.15) is 0 Å². The van der Waals surface area contributed by atoms with E-state index in [9.17, 15) is 4.79 Å². The fourth-order valence-corrected chi connectivity index (χ4v) is 5.83. The highest BCUT2D eigenvalue weighted by atomic mass is 35.5. The minimum atomic E-state index is -0.134. The Morgan fingerprint density at radius 2 is 1.95 bits per heavy atom. The SMILES string of the molecule is C=CCn1c(COc2ccc(Cl)c(C)c2)nnc1SCC(=O)Nc1ccc(-c2nc3ccc(C)cc3s2)cc1. The molecule has 0 unspecified atom stereocenters. The highest BCUT2D eigenvalue weighted by molar-refractivity contribution is 7.99. The minimum Gasteiger partial charge on any atom is -0.486 e. The van der Waals surface area contributed by atoms with Crippen LogP contribution in [0.1, 0.15) is 17.0 Å². The number of rotatable bonds is 10. The third kappa shape index (κ3) is 6.50. The smallest absolute Gasteiger partial charge is 0.234 e. The maximum Gasteiger partial charge on any atom is 0.234 e. The number of amides is 1. The van der Waals surface area contributed by atoms with E-state index >= 15 is 0 Å². The number of anilines is 1. The number of aromatic nitrogens is 4. The van der Waals surface area contributed by atoms with Gasteiger partial charge in [0.2, 0.25) is 5.91 Å². The monoisotopic (exact) mass is 575 g/mol. The van der Waals surface area contributed by atoms with Crippen molar-refractivity contribution in [3.8, 4) is 16.3 Å². The van der Waals surface area contributed by atoms with Crippen molar-refractivity contribution in [3.63, 3.8) is 0 Å². The summed E-state index contributed by atoms with van der Waals surface area (Å²) in [5.41, 5.74) is 4.89. The molecule has 0 aliphatic carbocycles. The zero-order valence-corrected chi connectivity index (χ0v) is 23.9. The number of nitrogens with one attached hydrogen (secondary N) is 1. The zero-order valence-electron chi connectivity index (χ0n) is 21.5. The van der Waals surface area contributed by atoms with Crippen molar-refractivity contribution < 1.29 is 9.53 Å². The van der Waals surface area contributed by atoms with E-state index in [-0.39, 0.29) is 18.3 Å². The van der Waals surface area contributed by atoms with Crippen LogP contribution < -0.4 is 10.1 Å². The third-order valence-electron chi connectivity index (χ3n) is 5.89. The number of ether oxygens (including phenoxy) is 1. The molecule has 0 radical (unpaired) electrons. The molecule has 5 aromatic rings. The van der Waals surface area contributed by atoms with Crippen molar-refractivity contribution in [1.29, 1.82) is 0 Å². The number of thioether (sulfide) groups is 1. The summed E-state index contributed by atoms with van der Waals surface area (Å²) in [6.45, 7) is 8.56. The summed E-state index contributed by atoms with van der Waals surface area (Å²) in [4.78, 5) is 17.4. The van der Waals surface area contributed by atoms with Crippen molar-refractivity contribution in [2.24, 2.45) is 0 Å². The molecule has 0 aliphatic rings. The van der Waals surface area contributed by atoms with E-state index in [1.165, 1.54) is 22.0 Å². The summed E-state index contributed by atoms with van der Waals surface area (Å²) < 4.78 is 8.94. The molecule has 0 fully saturated rings. The summed E-state index contributed by atoms with van der Waals surface area (Å²) in [5, 5.41) is 13.8. The summed E-state index contributed by atoms with van der Waals surface area (Å²) >= 11 is 9.07. The van der Waals surface area contributed by atoms with Gasteiger partial charge in [0, 0.05) is 22.8 Å². The maximum atomic E-state index is 12.7. The Bertz CT molecular complexity index is 1650. The average molecular weight is 576 g/mol. The number of carbonyl (C=O) groups is 1. The van der Waals surface area contributed by atoms with Crippen LogP contribution in [0.5, 0.6) is 5.75 Å². The largest absolute Gasteiger partial charge is 0.486 e. The number of benzene rings is 3. The first-order valence-corrected chi connectivity index (χ1v) is 14.4. The molecule has 0 saturated heterocycles. The Labute approximate surface area is 239 Å². The van der Waals surface area contributed by atoms with Gasteiger partial charge in [-0.3, -0.25) is 9.36 Å². The standard InChI is InChI=1S/C29H26ClN5O2S2/c1-4-13-35-26(16-37-22-10-11-23(30)19(3)15-22)33-34-29(35)38-17-27(36)31-21-8-6-20(7-9-21)28-32-24-12-5-18(2)14-25(24)39-28/h4-12,14-15H,1,13,16-17H2,2-3H3,(H,31,36). The van der Waals surface area contributed by atoms with Crippen molar-refractivity contribution in [2.45, 2.75) is 32.2 Å². The third-order valence-corrected chi connectivity index (χ3v) is 8.35. The number of fused-ring (bicyclic) bond motifs is 1. The fourth-order valence-electron chi connectivity index (χ4n) is 3.88. The lowest BCUT2D eigenvalue weighted by Crippen LogP contribution is -2.15. The minimum absolute atomic E-state index is 0.134. The lowest BCUT2D eigenvalue weighted by atomic mass is 10.2. The van der Waals surface area contributed by atoms with Crippen LogP contribution >= 0.6 is 34.7 Å². The molecule has 0 atom stereocenters. The maximum absolute atomic E-state index is 12.7. The number of aryl methyl sites for hydroxylation is 2. The summed E-state index contributed by atoms with van der Waals surface area (Å²) in [6, 6.07) is 19.5. The number of halogens is 1. The zero-order chi connectivity index (χ0) is 27.4. The Balaban J connectivity index is 1.18. The molecule has 3 aromatic carbocycles. The van der Waals surface area contributed by atoms with Crippen molar-refractivity contribution in [2.75, 3.05) is 11.1 Å². The molecule has 10 heteroatoms. The van der Waals surface area contributed by atoms with Gasteiger partial charge in [-0.1, -0.05) is 35.5 Å². The molecule has 2 aromatic heterocycles. The molecule has 2 heterocycles. The highest BCUT2D eigenvalue weighted by Crippen LogP contribution is 2.31. The number of carbonyl (C=O) groups excluding carboxylic acids is 1. The Morgan fingerprint density at radius 1 is 1.13 bits per heavy atom. The molecule has 7 nitrogen and oxygen atoms in total. The van der Waals surface area contributed by atoms with Gasteiger partial charge in [-0.05, 0) is 79.6 Å². The van der Waals surface area contributed by atoms with Crippen LogP contribution in [0.15, 0.2) is 78.5 Å². The van der Waals surface area contributed by atoms with Gasteiger partial charge >= 0.3 is 0 Å². The number of thiazole rings is 1. The Morgan fingerprint density at radius 3 is 2.72 bits per heavy atom. The van der Waals surface area contributed by atoms with Crippen LogP contribution in [0.4, 0.5) is 5.69 Å². The molecular formula is C29H26ClN5O2S2. The molecule has 5 rings (SSSR count). The highest BCUT2D eigenvalue weighted by Gasteiger charge is 2.15. The van der Waals surface area contributed by atoms with Gasteiger partial charge in [-0.15, -0.1) is 28.1 Å². The van der Waals surface area contributed by atoms with E-state index in [0.717, 1.165) is 27.3 Å². The molecular weight excluding hydrogens is 550 g/mol. The predicted molar refractivity (Wildman–Crippen MR) is 160 cm³/mol. The van der Waals surface area contributed by atoms with Gasteiger partial charge in [0.05, 0.1) is 16.0 Å². The van der Waals surface area contributed by atoms with E-state index in [0.29, 0.717) is 28.3 Å². The Kier molecular flexibility index (Phi) is 8.30. The van der Waals surface area contributed by atoms with Crippen molar-refractivity contribution >= 4 is 56.5 Å². The van der Waals surface area contributed by atoms with Gasteiger partial charge in [0.25, 0.3) is 0 Å². The van der Waals surface area contributed by atoms with Crippen LogP contribution in [0.2, 0.25) is 5.02 Å². The summed E-state index contributed by atoms with van der Waals surface area (Å²) in [7, 11) is 0. The second-order valence-electron chi connectivity index (χ2n) is 8.90. The number of hydrogen-bond acceptors (Lipinski definition) is 7. The summed E-state index contributed by atoms with van der Waals surface area (Å²) in [5.74, 6) is 1.39. The molecule has 39 heavy (non-hydrogen) atoms. The second kappa shape index (κ2) is 12.0. The summed E-state index contributed by atoms with van der Waals surface area (Å²) in [6.07, 6.45) is 1.76. The molecule has 1 amide bonds. The van der Waals surface area contributed by atoms with E-state index < -0.39 is 0 Å². The quantitative estimate of drug-likeness (QED) is 0.139. The lowest BCUT2D eigenvalue weighted by Gasteiger charge is -2.10.